The molecule has 0 aromatic rings. The molecule has 0 radical (unpaired) electrons. The van der Waals surface area contributed by atoms with Gasteiger partial charge < -0.3 is 25.5 Å². The van der Waals surface area contributed by atoms with Gasteiger partial charge in [-0.1, -0.05) is 53.9 Å². The maximum Gasteiger partial charge on any atom is 0.326 e. The molecule has 0 bridgehead atoms. The van der Waals surface area contributed by atoms with Crippen LogP contribution in [0.1, 0.15) is 87.5 Å². The minimum Gasteiger partial charge on any atom is -0.480 e. The van der Waals surface area contributed by atoms with Crippen LogP contribution in [0.25, 0.3) is 0 Å². The van der Waals surface area contributed by atoms with Crippen LogP contribution < -0.4 is 10.6 Å². The van der Waals surface area contributed by atoms with Crippen LogP contribution in [0.3, 0.4) is 0 Å². The van der Waals surface area contributed by atoms with E-state index in [4.69, 9.17) is 0 Å². The highest BCUT2D eigenvalue weighted by atomic mass is 16.4. The summed E-state index contributed by atoms with van der Waals surface area (Å²) in [6, 6.07) is -1.16. The van der Waals surface area contributed by atoms with Crippen LogP contribution in [-0.4, -0.2) is 77.1 Å². The van der Waals surface area contributed by atoms with Crippen LogP contribution in [0.2, 0.25) is 0 Å². The summed E-state index contributed by atoms with van der Waals surface area (Å²) in [5.41, 5.74) is -1.02. The van der Waals surface area contributed by atoms with Crippen LogP contribution in [0.15, 0.2) is 0 Å². The van der Waals surface area contributed by atoms with E-state index in [2.05, 4.69) is 43.5 Å². The van der Waals surface area contributed by atoms with Crippen LogP contribution in [0.4, 0.5) is 4.79 Å². The van der Waals surface area contributed by atoms with E-state index in [0.29, 0.717) is 6.54 Å². The average molecular weight is 495 g/mol. The number of nitrogens with zero attached hydrogens (tertiary/aromatic N) is 2. The van der Waals surface area contributed by atoms with Crippen LogP contribution in [0, 0.1) is 22.7 Å². The molecule has 3 rings (SSSR count). The van der Waals surface area contributed by atoms with Crippen molar-refractivity contribution < 1.29 is 19.5 Å². The number of urea groups is 1. The number of hydrogen-bond donors (Lipinski definition) is 3. The Balaban J connectivity index is 0.000000402. The Kier molecular flexibility index (Phi) is 8.95. The molecule has 3 N–H and O–H groups in total. The molecule has 3 fully saturated rings. The van der Waals surface area contributed by atoms with Gasteiger partial charge in [0.1, 0.15) is 12.1 Å². The van der Waals surface area contributed by atoms with Crippen LogP contribution in [-0.2, 0) is 9.59 Å². The second-order valence-corrected chi connectivity index (χ2v) is 13.6. The lowest BCUT2D eigenvalue weighted by atomic mass is 9.85. The summed E-state index contributed by atoms with van der Waals surface area (Å²) >= 11 is 0. The van der Waals surface area contributed by atoms with Gasteiger partial charge in [-0.25, -0.2) is 9.59 Å². The highest BCUT2D eigenvalue weighted by molar-refractivity contribution is 5.92. The molecule has 1 saturated heterocycles. The molecule has 0 aromatic carbocycles. The van der Waals surface area contributed by atoms with Gasteiger partial charge in [-0.15, -0.1) is 0 Å². The summed E-state index contributed by atoms with van der Waals surface area (Å²) in [5.74, 6) is -1.11. The van der Waals surface area contributed by atoms with Crippen molar-refractivity contribution in [2.45, 2.75) is 111 Å². The van der Waals surface area contributed by atoms with E-state index in [1.807, 2.05) is 41.5 Å². The van der Waals surface area contributed by atoms with Gasteiger partial charge in [0.05, 0.1) is 0 Å². The number of rotatable bonds is 4. The summed E-state index contributed by atoms with van der Waals surface area (Å²) in [6.45, 7) is 15.7. The maximum absolute atomic E-state index is 13.2. The lowest BCUT2D eigenvalue weighted by Crippen LogP contribution is -2.60. The van der Waals surface area contributed by atoms with Crippen molar-refractivity contribution in [1.29, 1.82) is 0 Å². The van der Waals surface area contributed by atoms with Gasteiger partial charge in [-0.2, -0.15) is 0 Å². The Morgan fingerprint density at radius 3 is 1.94 bits per heavy atom. The molecule has 202 valence electrons. The summed E-state index contributed by atoms with van der Waals surface area (Å²) in [7, 11) is 4.38. The number of hydrogen-bond acceptors (Lipinski definition) is 4. The average Bonchev–Trinajstić information content (AvgIpc) is 3.06. The second-order valence-electron chi connectivity index (χ2n) is 13.6. The fourth-order valence-corrected chi connectivity index (χ4v) is 5.72. The van der Waals surface area contributed by atoms with E-state index in [0.717, 1.165) is 6.04 Å². The zero-order valence-corrected chi connectivity index (χ0v) is 23.7. The number of carboxylic acid groups (broad SMARTS) is 1. The predicted octanol–water partition coefficient (Wildman–Crippen LogP) is 3.95. The summed E-state index contributed by atoms with van der Waals surface area (Å²) in [6.07, 6.45) is 7.20. The quantitative estimate of drug-likeness (QED) is 0.549. The zero-order valence-electron chi connectivity index (χ0n) is 23.7. The first-order valence-electron chi connectivity index (χ1n) is 13.2. The molecular formula is C27H50N4O4. The van der Waals surface area contributed by atoms with Gasteiger partial charge in [0.2, 0.25) is 5.91 Å². The largest absolute Gasteiger partial charge is 0.480 e. The van der Waals surface area contributed by atoms with Gasteiger partial charge in [-0.05, 0) is 64.5 Å². The first-order chi connectivity index (χ1) is 15.9. The number of likely N-dealkylation sites (tertiary alicyclic amines) is 1. The van der Waals surface area contributed by atoms with E-state index in [-0.39, 0.29) is 23.2 Å². The van der Waals surface area contributed by atoms with Crippen LogP contribution >= 0.6 is 0 Å². The lowest BCUT2D eigenvalue weighted by molar-refractivity contribution is -0.152. The Morgan fingerprint density at radius 1 is 1.00 bits per heavy atom. The van der Waals surface area contributed by atoms with Crippen molar-refractivity contribution >= 4 is 17.9 Å². The Hall–Kier alpha value is -1.83. The number of fused-ring (bicyclic) bond motifs is 1. The molecule has 0 aromatic heterocycles. The lowest BCUT2D eigenvalue weighted by Gasteiger charge is -2.37. The highest BCUT2D eigenvalue weighted by Crippen LogP contribution is 2.65. The maximum atomic E-state index is 13.2. The third-order valence-electron chi connectivity index (χ3n) is 7.93. The van der Waals surface area contributed by atoms with E-state index in [1.165, 1.54) is 37.0 Å². The summed E-state index contributed by atoms with van der Waals surface area (Å²) < 4.78 is 0. The molecule has 8 nitrogen and oxygen atoms in total. The number of carbonyl (C=O) groups is 3. The first-order valence-corrected chi connectivity index (χ1v) is 13.2. The smallest absolute Gasteiger partial charge is 0.326 e. The summed E-state index contributed by atoms with van der Waals surface area (Å²) in [4.78, 5) is 41.2. The van der Waals surface area contributed by atoms with Crippen molar-refractivity contribution in [1.82, 2.24) is 20.4 Å². The zero-order chi connectivity index (χ0) is 26.9. The third kappa shape index (κ3) is 7.34. The van der Waals surface area contributed by atoms with Crippen molar-refractivity contribution in [3.05, 3.63) is 0 Å². The van der Waals surface area contributed by atoms with E-state index in [9.17, 15) is 19.5 Å². The molecule has 2 saturated carbocycles. The van der Waals surface area contributed by atoms with Gasteiger partial charge in [0.15, 0.2) is 0 Å². The van der Waals surface area contributed by atoms with Crippen molar-refractivity contribution in [2.75, 3.05) is 20.6 Å². The summed E-state index contributed by atoms with van der Waals surface area (Å²) in [5, 5.41) is 15.2. The van der Waals surface area contributed by atoms with Gasteiger partial charge in [-0.3, -0.25) is 4.79 Å². The second kappa shape index (κ2) is 10.7. The molecular weight excluding hydrogens is 444 g/mol. The Labute approximate surface area is 212 Å². The molecule has 3 aliphatic rings. The van der Waals surface area contributed by atoms with Crippen LogP contribution in [0.5, 0.6) is 0 Å². The molecule has 0 unspecified atom stereocenters. The Bertz CT molecular complexity index is 775. The fraction of sp³-hybridized carbons (Fsp3) is 0.889. The van der Waals surface area contributed by atoms with Crippen molar-refractivity contribution in [3.8, 4) is 0 Å². The number of aliphatic carboxylic acids is 1. The topological polar surface area (TPSA) is 102 Å². The first kappa shape index (κ1) is 29.4. The van der Waals surface area contributed by atoms with E-state index in [1.54, 1.807) is 0 Å². The van der Waals surface area contributed by atoms with E-state index < -0.39 is 35.0 Å². The predicted molar refractivity (Wildman–Crippen MR) is 139 cm³/mol. The number of piperidine rings is 1. The van der Waals surface area contributed by atoms with Gasteiger partial charge in [0.25, 0.3) is 0 Å². The normalized spacial score (nSPS) is 26.8. The number of carboxylic acids is 1. The molecule has 4 atom stereocenters. The number of nitrogens with one attached hydrogen (secondary N) is 2. The molecule has 1 aliphatic heterocycles. The molecule has 8 heteroatoms. The minimum atomic E-state index is -0.969. The van der Waals surface area contributed by atoms with Crippen molar-refractivity contribution in [3.63, 3.8) is 0 Å². The molecule has 3 amide bonds. The molecule has 2 aliphatic carbocycles. The fourth-order valence-electron chi connectivity index (χ4n) is 5.72. The molecule has 1 heterocycles. The minimum absolute atomic E-state index is 0.0204. The number of amides is 3. The van der Waals surface area contributed by atoms with Crippen molar-refractivity contribution in [2.24, 2.45) is 22.7 Å². The van der Waals surface area contributed by atoms with Gasteiger partial charge in [0, 0.05) is 24.0 Å². The van der Waals surface area contributed by atoms with E-state index >= 15 is 0 Å². The monoisotopic (exact) mass is 494 g/mol. The molecule has 0 spiro atoms. The standard InChI is InChI=1S/C19H33N3O4.C8H17N/c1-17(2,3)13(20-16(26)21-18(4,5)6)14(23)22-9-10-11(19(10,7)8)12(22)15(24)25;1-9(2)8-6-4-3-5-7-8/h10-13H,9H2,1-8H3,(H,24,25)(H2,20,21,26);8H,3-7H2,1-2H3/t10-,11-,12-,13+;/m0./s1. The molecule has 35 heavy (non-hydrogen) atoms. The Morgan fingerprint density at radius 2 is 1.54 bits per heavy atom. The third-order valence-corrected chi connectivity index (χ3v) is 7.93. The number of carbonyl (C=O) groups excluding carboxylic acids is 2. The highest BCUT2D eigenvalue weighted by Gasteiger charge is 2.70. The SMILES string of the molecule is CC(C)(C)NC(=O)N[C@H](C(=O)N1C[C@H]2[C@@H]([C@H]1C(=O)O)C2(C)C)C(C)(C)C.CN(C)C1CCCCC1. The van der Waals surface area contributed by atoms with Gasteiger partial charge >= 0.3 is 12.0 Å².